The quantitative estimate of drug-likeness (QED) is 0.0211. The molecule has 2 unspecified atom stereocenters. The van der Waals surface area contributed by atoms with E-state index in [9.17, 15) is 19.5 Å². The van der Waals surface area contributed by atoms with E-state index in [1.807, 2.05) is 21.1 Å². The van der Waals surface area contributed by atoms with E-state index in [2.05, 4.69) is 123 Å². The summed E-state index contributed by atoms with van der Waals surface area (Å²) in [5.74, 6) is -2.02. The summed E-state index contributed by atoms with van der Waals surface area (Å²) in [6, 6.07) is 0. The molecule has 0 aliphatic carbocycles. The zero-order valence-corrected chi connectivity index (χ0v) is 54.3. The van der Waals surface area contributed by atoms with Crippen molar-refractivity contribution in [2.75, 3.05) is 47.5 Å². The molecule has 9 heteroatoms. The van der Waals surface area contributed by atoms with E-state index in [-0.39, 0.29) is 38.6 Å². The lowest BCUT2D eigenvalue weighted by atomic mass is 10.0. The molecule has 0 amide bonds. The number of rotatable bonds is 62. The number of likely N-dealkylation sites (N-methyl/N-ethyl adjacent to an activating group) is 1. The number of hydrogen-bond acceptors (Lipinski definition) is 7. The van der Waals surface area contributed by atoms with Gasteiger partial charge in [0.15, 0.2) is 6.10 Å². The Morgan fingerprint density at radius 1 is 0.373 bits per heavy atom. The lowest BCUT2D eigenvalue weighted by Gasteiger charge is -2.25. The second-order valence-corrected chi connectivity index (χ2v) is 23.7. The number of carboxylic acids is 1. The van der Waals surface area contributed by atoms with E-state index in [1.54, 1.807) is 0 Å². The van der Waals surface area contributed by atoms with Crippen LogP contribution in [0.1, 0.15) is 284 Å². The van der Waals surface area contributed by atoms with Crippen molar-refractivity contribution in [1.29, 1.82) is 0 Å². The number of quaternary nitrogens is 1. The van der Waals surface area contributed by atoms with Gasteiger partial charge in [-0.25, -0.2) is 4.79 Å². The summed E-state index contributed by atoms with van der Waals surface area (Å²) in [7, 11) is 5.97. The normalized spacial score (nSPS) is 13.4. The molecule has 0 aromatic rings. The van der Waals surface area contributed by atoms with Crippen LogP contribution in [0.3, 0.4) is 0 Å². The molecule has 1 N–H and O–H groups in total. The van der Waals surface area contributed by atoms with Gasteiger partial charge in [-0.2, -0.15) is 0 Å². The maximum Gasteiger partial charge on any atom is 0.361 e. The van der Waals surface area contributed by atoms with Crippen LogP contribution in [-0.4, -0.2) is 87.4 Å². The molecule has 0 saturated carbocycles. The zero-order chi connectivity index (χ0) is 60.5. The Balaban J connectivity index is 4.10. The lowest BCUT2D eigenvalue weighted by molar-refractivity contribution is -0.870. The number of esters is 2. The van der Waals surface area contributed by atoms with Crippen LogP contribution in [0, 0.1) is 0 Å². The van der Waals surface area contributed by atoms with Gasteiger partial charge in [-0.15, -0.1) is 0 Å². The van der Waals surface area contributed by atoms with E-state index >= 15 is 0 Å². The maximum atomic E-state index is 12.9. The number of carbonyl (C=O) groups is 3. The first-order valence-corrected chi connectivity index (χ1v) is 34.1. The molecule has 9 nitrogen and oxygen atoms in total. The van der Waals surface area contributed by atoms with Crippen molar-refractivity contribution >= 4 is 17.9 Å². The largest absolute Gasteiger partial charge is 0.477 e. The molecule has 0 aromatic heterocycles. The van der Waals surface area contributed by atoms with Gasteiger partial charge >= 0.3 is 17.9 Å². The van der Waals surface area contributed by atoms with Crippen molar-refractivity contribution in [2.45, 2.75) is 296 Å². The van der Waals surface area contributed by atoms with Crippen LogP contribution in [0.5, 0.6) is 0 Å². The Kier molecular flexibility index (Phi) is 60.8. The van der Waals surface area contributed by atoms with Crippen LogP contribution in [0.15, 0.2) is 109 Å². The van der Waals surface area contributed by atoms with Crippen LogP contribution < -0.4 is 0 Å². The van der Waals surface area contributed by atoms with Crippen LogP contribution in [0.4, 0.5) is 0 Å². The van der Waals surface area contributed by atoms with Crippen molar-refractivity contribution in [3.05, 3.63) is 109 Å². The number of carbonyl (C=O) groups excluding carboxylic acids is 2. The highest BCUT2D eigenvalue weighted by molar-refractivity contribution is 5.71. The fraction of sp³-hybridized carbons (Fsp3) is 0.716. The van der Waals surface area contributed by atoms with Crippen molar-refractivity contribution in [3.8, 4) is 0 Å². The maximum absolute atomic E-state index is 12.9. The predicted molar refractivity (Wildman–Crippen MR) is 355 cm³/mol. The van der Waals surface area contributed by atoms with Gasteiger partial charge in [-0.3, -0.25) is 9.59 Å². The van der Waals surface area contributed by atoms with Gasteiger partial charge in [-0.1, -0.05) is 277 Å². The van der Waals surface area contributed by atoms with Crippen molar-refractivity contribution < 1.29 is 42.9 Å². The number of ether oxygens (including phenoxy) is 4. The standard InChI is InChI=1S/C74H127NO8/c1-6-8-10-12-14-16-18-20-22-24-26-28-29-30-31-32-33-34-35-36-37-38-39-40-41-42-43-45-47-49-51-53-55-57-59-61-63-65-72(77)83-70(69-82-74(73(78)79)80-67-66-75(3,4)5)68-81-71(76)64-62-60-58-56-54-52-50-48-46-44-27-25-23-21-19-17-15-13-11-9-7-2/h8,10,14,16,19-22,25-28,30-31,33-34,46,48,70,74H,6-7,9,11-13,15,17-18,23-24,29,32,35-45,47,49-69H2,1-5H3/p+1/b10-8-,16-14-,21-19-,22-20-,27-25-,28-26-,31-30-,34-33-,48-46-. The van der Waals surface area contributed by atoms with Gasteiger partial charge in [0, 0.05) is 12.8 Å². The molecule has 0 radical (unpaired) electrons. The molecular weight excluding hydrogens is 1030 g/mol. The summed E-state index contributed by atoms with van der Waals surface area (Å²) in [5, 5.41) is 9.73. The second-order valence-electron chi connectivity index (χ2n) is 23.7. The third-order valence-corrected chi connectivity index (χ3v) is 14.5. The average molecular weight is 1160 g/mol. The lowest BCUT2D eigenvalue weighted by Crippen LogP contribution is -2.40. The van der Waals surface area contributed by atoms with Crippen molar-refractivity contribution in [3.63, 3.8) is 0 Å². The third-order valence-electron chi connectivity index (χ3n) is 14.5. The molecule has 2 atom stereocenters. The van der Waals surface area contributed by atoms with Crippen molar-refractivity contribution in [1.82, 2.24) is 0 Å². The van der Waals surface area contributed by atoms with Gasteiger partial charge in [-0.05, 0) is 103 Å². The summed E-state index contributed by atoms with van der Waals surface area (Å²) in [6.07, 6.45) is 86.2. The van der Waals surface area contributed by atoms with Crippen LogP contribution in [0.25, 0.3) is 0 Å². The Labute approximate surface area is 511 Å². The summed E-state index contributed by atoms with van der Waals surface area (Å²) in [4.78, 5) is 37.6. The fourth-order valence-corrected chi connectivity index (χ4v) is 9.32. The smallest absolute Gasteiger partial charge is 0.361 e. The van der Waals surface area contributed by atoms with E-state index in [0.717, 1.165) is 103 Å². The van der Waals surface area contributed by atoms with Crippen molar-refractivity contribution in [2.24, 2.45) is 0 Å². The first-order valence-electron chi connectivity index (χ1n) is 34.1. The highest BCUT2D eigenvalue weighted by Gasteiger charge is 2.25. The van der Waals surface area contributed by atoms with Gasteiger partial charge in [0.05, 0.1) is 34.4 Å². The summed E-state index contributed by atoms with van der Waals surface area (Å²) in [6.45, 7) is 4.75. The molecule has 0 aliphatic rings. The highest BCUT2D eigenvalue weighted by Crippen LogP contribution is 2.17. The van der Waals surface area contributed by atoms with Gasteiger partial charge in [0.2, 0.25) is 0 Å². The molecule has 0 heterocycles. The second kappa shape index (κ2) is 64.0. The number of unbranched alkanes of at least 4 members (excludes halogenated alkanes) is 29. The van der Waals surface area contributed by atoms with Gasteiger partial charge < -0.3 is 28.5 Å². The summed E-state index contributed by atoms with van der Waals surface area (Å²) in [5.41, 5.74) is 0. The molecule has 476 valence electrons. The minimum Gasteiger partial charge on any atom is -0.477 e. The SMILES string of the molecule is CC/C=C\C/C=C\C/C=C\C/C=C\C/C=C\C/C=C\CCCCCCCCCCCCCCCCCCCCC(=O)OC(COC(=O)CCCCCCCC/C=C\C/C=C\C/C=C\CCCCCCC)COC(OCC[N+](C)(C)C)C(=O)O. The Hall–Kier alpha value is -4.05. The number of hydrogen-bond donors (Lipinski definition) is 1. The van der Waals surface area contributed by atoms with Crippen LogP contribution in [-0.2, 0) is 33.3 Å². The minimum atomic E-state index is -1.52. The Bertz CT molecular complexity index is 1730. The number of aliphatic carboxylic acids is 1. The van der Waals surface area contributed by atoms with Crippen LogP contribution >= 0.6 is 0 Å². The molecule has 0 rings (SSSR count). The monoisotopic (exact) mass is 1160 g/mol. The molecule has 0 fully saturated rings. The molecule has 0 bridgehead atoms. The first-order chi connectivity index (χ1) is 40.6. The predicted octanol–water partition coefficient (Wildman–Crippen LogP) is 21.0. The van der Waals surface area contributed by atoms with E-state index in [4.69, 9.17) is 18.9 Å². The highest BCUT2D eigenvalue weighted by atomic mass is 16.7. The third kappa shape index (κ3) is 65.3. The van der Waals surface area contributed by atoms with Crippen LogP contribution in [0.2, 0.25) is 0 Å². The summed E-state index contributed by atoms with van der Waals surface area (Å²) >= 11 is 0. The zero-order valence-electron chi connectivity index (χ0n) is 54.3. The molecule has 0 saturated heterocycles. The number of carboxylic acid groups (broad SMARTS) is 1. The van der Waals surface area contributed by atoms with Gasteiger partial charge in [0.25, 0.3) is 6.29 Å². The van der Waals surface area contributed by atoms with E-state index < -0.39 is 24.3 Å². The molecular formula is C74H128NO8+. The molecule has 0 aromatic carbocycles. The molecule has 0 aliphatic heterocycles. The van der Waals surface area contributed by atoms with E-state index in [0.29, 0.717) is 11.0 Å². The summed E-state index contributed by atoms with van der Waals surface area (Å²) < 4.78 is 22.9. The Morgan fingerprint density at radius 3 is 1.02 bits per heavy atom. The topological polar surface area (TPSA) is 108 Å². The molecule has 83 heavy (non-hydrogen) atoms. The minimum absolute atomic E-state index is 0.182. The number of allylic oxidation sites excluding steroid dienone is 18. The average Bonchev–Trinajstić information content (AvgIpc) is 3.46. The Morgan fingerprint density at radius 2 is 0.687 bits per heavy atom. The van der Waals surface area contributed by atoms with E-state index in [1.165, 1.54) is 154 Å². The molecule has 0 spiro atoms. The first kappa shape index (κ1) is 79.0. The fourth-order valence-electron chi connectivity index (χ4n) is 9.32. The van der Waals surface area contributed by atoms with Gasteiger partial charge in [0.1, 0.15) is 13.2 Å². The number of nitrogens with zero attached hydrogens (tertiary/aromatic N) is 1.